The molecule has 0 spiro atoms. The van der Waals surface area contributed by atoms with E-state index in [1.807, 2.05) is 0 Å². The first kappa shape index (κ1) is 23.0. The summed E-state index contributed by atoms with van der Waals surface area (Å²) in [5, 5.41) is 6.66. The standard InChI is InChI=1S/C22H18F5N3O2/c1-11-22(28-16(31)9-6-13-4-7-14(32-3)8-5-13)12(2)30(29-11)10-15-17(23)19(25)21(27)20(26)18(15)24/h4-9H,10H2,1-3H3,(H,28,31)/b9-6+. The van der Waals surface area contributed by atoms with Crippen molar-refractivity contribution < 1.29 is 31.5 Å². The van der Waals surface area contributed by atoms with Crippen LogP contribution in [0, 0.1) is 42.9 Å². The SMILES string of the molecule is COc1ccc(/C=C/C(=O)Nc2c(C)nn(Cc3c(F)c(F)c(F)c(F)c3F)c2C)cc1. The molecule has 3 aromatic rings. The van der Waals surface area contributed by atoms with Gasteiger partial charge in [0, 0.05) is 6.08 Å². The highest BCUT2D eigenvalue weighted by Gasteiger charge is 2.26. The molecule has 0 fully saturated rings. The minimum absolute atomic E-state index is 0.262. The predicted octanol–water partition coefficient (Wildman–Crippen LogP) is 4.90. The predicted molar refractivity (Wildman–Crippen MR) is 108 cm³/mol. The van der Waals surface area contributed by atoms with Crippen molar-refractivity contribution in [3.63, 3.8) is 0 Å². The molecule has 32 heavy (non-hydrogen) atoms. The molecule has 1 aromatic heterocycles. The quantitative estimate of drug-likeness (QED) is 0.251. The molecule has 0 bridgehead atoms. The van der Waals surface area contributed by atoms with Gasteiger partial charge >= 0.3 is 0 Å². The molecule has 1 heterocycles. The average molecular weight is 451 g/mol. The first-order valence-electron chi connectivity index (χ1n) is 9.31. The topological polar surface area (TPSA) is 56.1 Å². The molecular formula is C22H18F5N3O2. The third-order valence-corrected chi connectivity index (χ3v) is 4.78. The van der Waals surface area contributed by atoms with E-state index in [9.17, 15) is 26.7 Å². The number of amides is 1. The highest BCUT2D eigenvalue weighted by molar-refractivity contribution is 6.02. The van der Waals surface area contributed by atoms with Crippen LogP contribution in [0.15, 0.2) is 30.3 Å². The number of rotatable bonds is 6. The van der Waals surface area contributed by atoms with Gasteiger partial charge in [0.15, 0.2) is 23.3 Å². The summed E-state index contributed by atoms with van der Waals surface area (Å²) in [6.45, 7) is 2.32. The molecule has 0 unspecified atom stereocenters. The van der Waals surface area contributed by atoms with E-state index in [4.69, 9.17) is 4.74 Å². The molecule has 1 N–H and O–H groups in total. The van der Waals surface area contributed by atoms with Gasteiger partial charge in [-0.15, -0.1) is 0 Å². The molecule has 0 saturated heterocycles. The second-order valence-electron chi connectivity index (χ2n) is 6.85. The molecule has 1 amide bonds. The number of nitrogens with zero attached hydrogens (tertiary/aromatic N) is 2. The molecule has 3 rings (SSSR count). The van der Waals surface area contributed by atoms with Gasteiger partial charge in [0.05, 0.1) is 36.3 Å². The molecule has 10 heteroatoms. The van der Waals surface area contributed by atoms with Gasteiger partial charge in [-0.2, -0.15) is 5.10 Å². The highest BCUT2D eigenvalue weighted by atomic mass is 19.2. The van der Waals surface area contributed by atoms with E-state index in [1.165, 1.54) is 27.0 Å². The third-order valence-electron chi connectivity index (χ3n) is 4.78. The van der Waals surface area contributed by atoms with Crippen LogP contribution in [0.25, 0.3) is 6.08 Å². The molecular weight excluding hydrogens is 433 g/mol. The maximum absolute atomic E-state index is 14.0. The second-order valence-corrected chi connectivity index (χ2v) is 6.85. The lowest BCUT2D eigenvalue weighted by Gasteiger charge is -2.10. The Morgan fingerprint density at radius 2 is 1.56 bits per heavy atom. The fourth-order valence-electron chi connectivity index (χ4n) is 3.02. The van der Waals surface area contributed by atoms with Crippen LogP contribution in [0.1, 0.15) is 22.5 Å². The summed E-state index contributed by atoms with van der Waals surface area (Å²) in [5.74, 6) is -9.98. The molecule has 2 aromatic carbocycles. The van der Waals surface area contributed by atoms with Crippen LogP contribution in [0.3, 0.4) is 0 Å². The van der Waals surface area contributed by atoms with E-state index in [0.29, 0.717) is 11.4 Å². The number of aromatic nitrogens is 2. The summed E-state index contributed by atoms with van der Waals surface area (Å²) in [5.41, 5.74) is 0.564. The number of nitrogens with one attached hydrogen (secondary N) is 1. The summed E-state index contributed by atoms with van der Waals surface area (Å²) < 4.78 is 74.3. The maximum Gasteiger partial charge on any atom is 0.248 e. The lowest BCUT2D eigenvalue weighted by Crippen LogP contribution is -2.13. The van der Waals surface area contributed by atoms with Crippen LogP contribution >= 0.6 is 0 Å². The average Bonchev–Trinajstić information content (AvgIpc) is 3.05. The van der Waals surface area contributed by atoms with Crippen molar-refractivity contribution >= 4 is 17.7 Å². The smallest absolute Gasteiger partial charge is 0.248 e. The van der Waals surface area contributed by atoms with E-state index in [2.05, 4.69) is 10.4 Å². The first-order valence-corrected chi connectivity index (χ1v) is 9.31. The number of anilines is 1. The molecule has 0 atom stereocenters. The van der Waals surface area contributed by atoms with Crippen LogP contribution in [0.4, 0.5) is 27.6 Å². The molecule has 0 saturated carbocycles. The monoisotopic (exact) mass is 451 g/mol. The van der Waals surface area contributed by atoms with Crippen molar-refractivity contribution in [2.45, 2.75) is 20.4 Å². The number of hydrogen-bond donors (Lipinski definition) is 1. The van der Waals surface area contributed by atoms with Gasteiger partial charge in [-0.25, -0.2) is 22.0 Å². The first-order chi connectivity index (χ1) is 15.1. The normalized spacial score (nSPS) is 11.2. The van der Waals surface area contributed by atoms with Gasteiger partial charge in [0.25, 0.3) is 0 Å². The highest BCUT2D eigenvalue weighted by Crippen LogP contribution is 2.26. The lowest BCUT2D eigenvalue weighted by molar-refractivity contribution is -0.111. The minimum atomic E-state index is -2.23. The number of methoxy groups -OCH3 is 1. The Morgan fingerprint density at radius 3 is 2.12 bits per heavy atom. The van der Waals surface area contributed by atoms with Gasteiger partial charge < -0.3 is 10.1 Å². The Balaban J connectivity index is 1.81. The zero-order valence-corrected chi connectivity index (χ0v) is 17.3. The summed E-state index contributed by atoms with van der Waals surface area (Å²) in [6.07, 6.45) is 2.85. The van der Waals surface area contributed by atoms with E-state index < -0.39 is 47.1 Å². The second kappa shape index (κ2) is 9.21. The summed E-state index contributed by atoms with van der Waals surface area (Å²) >= 11 is 0. The van der Waals surface area contributed by atoms with Crippen LogP contribution in [0.2, 0.25) is 0 Å². The zero-order chi connectivity index (χ0) is 23.6. The van der Waals surface area contributed by atoms with Crippen molar-refractivity contribution in [2.75, 3.05) is 12.4 Å². The van der Waals surface area contributed by atoms with Gasteiger partial charge in [-0.3, -0.25) is 9.48 Å². The van der Waals surface area contributed by atoms with E-state index in [1.54, 1.807) is 30.3 Å². The number of benzene rings is 2. The fraction of sp³-hybridized carbons (Fsp3) is 0.182. The molecule has 5 nitrogen and oxygen atoms in total. The Labute approximate surface area is 180 Å². The Hall–Kier alpha value is -3.69. The van der Waals surface area contributed by atoms with Gasteiger partial charge in [0.1, 0.15) is 5.75 Å². The Morgan fingerprint density at radius 1 is 1.00 bits per heavy atom. The van der Waals surface area contributed by atoms with Crippen LogP contribution in [0.5, 0.6) is 5.75 Å². The largest absolute Gasteiger partial charge is 0.497 e. The van der Waals surface area contributed by atoms with Crippen molar-refractivity contribution in [2.24, 2.45) is 0 Å². The molecule has 0 aliphatic carbocycles. The summed E-state index contributed by atoms with van der Waals surface area (Å²) in [6, 6.07) is 6.97. The minimum Gasteiger partial charge on any atom is -0.497 e. The number of carbonyl (C=O) groups excluding carboxylic acids is 1. The third kappa shape index (κ3) is 4.48. The van der Waals surface area contributed by atoms with Crippen molar-refractivity contribution in [3.05, 3.63) is 81.9 Å². The lowest BCUT2D eigenvalue weighted by atomic mass is 10.1. The number of ether oxygens (including phenoxy) is 1. The zero-order valence-electron chi connectivity index (χ0n) is 17.3. The van der Waals surface area contributed by atoms with Gasteiger partial charge in [-0.1, -0.05) is 12.1 Å². The molecule has 0 aliphatic rings. The Bertz CT molecular complexity index is 1170. The van der Waals surface area contributed by atoms with Crippen LogP contribution < -0.4 is 10.1 Å². The number of carbonyl (C=O) groups is 1. The number of halogens is 5. The number of aryl methyl sites for hydroxylation is 1. The van der Waals surface area contributed by atoms with E-state index in [-0.39, 0.29) is 11.4 Å². The molecule has 168 valence electrons. The van der Waals surface area contributed by atoms with Crippen LogP contribution in [-0.2, 0) is 11.3 Å². The van der Waals surface area contributed by atoms with Crippen molar-refractivity contribution in [1.82, 2.24) is 9.78 Å². The summed E-state index contributed by atoms with van der Waals surface area (Å²) in [4.78, 5) is 12.3. The van der Waals surface area contributed by atoms with E-state index in [0.717, 1.165) is 10.2 Å². The maximum atomic E-state index is 14.0. The van der Waals surface area contributed by atoms with Crippen LogP contribution in [-0.4, -0.2) is 22.8 Å². The molecule has 0 radical (unpaired) electrons. The Kier molecular flexibility index (Phi) is 6.61. The van der Waals surface area contributed by atoms with Gasteiger partial charge in [0.2, 0.25) is 11.7 Å². The summed E-state index contributed by atoms with van der Waals surface area (Å²) in [7, 11) is 1.54. The fourth-order valence-corrected chi connectivity index (χ4v) is 3.02. The van der Waals surface area contributed by atoms with E-state index >= 15 is 0 Å². The number of hydrogen-bond acceptors (Lipinski definition) is 3. The van der Waals surface area contributed by atoms with Crippen molar-refractivity contribution in [1.29, 1.82) is 0 Å². The molecule has 0 aliphatic heterocycles. The van der Waals surface area contributed by atoms with Gasteiger partial charge in [-0.05, 0) is 37.6 Å². The van der Waals surface area contributed by atoms with Crippen molar-refractivity contribution in [3.8, 4) is 5.75 Å².